The Balaban J connectivity index is 2.37. The van der Waals surface area contributed by atoms with Crippen LogP contribution in [-0.4, -0.2) is 23.3 Å². The van der Waals surface area contributed by atoms with Crippen molar-refractivity contribution in [2.45, 2.75) is 20.3 Å². The molecule has 0 radical (unpaired) electrons. The number of halogens is 2. The summed E-state index contributed by atoms with van der Waals surface area (Å²) in [7, 11) is 0. The molecule has 2 aromatic rings. The molecule has 0 saturated carbocycles. The van der Waals surface area contributed by atoms with Crippen molar-refractivity contribution in [1.82, 2.24) is 5.32 Å². The van der Waals surface area contributed by atoms with Crippen molar-refractivity contribution in [3.63, 3.8) is 0 Å². The molecule has 142 valence electrons. The van der Waals surface area contributed by atoms with Crippen LogP contribution in [0.25, 0.3) is 0 Å². The largest absolute Gasteiger partial charge is 0.352 e. The van der Waals surface area contributed by atoms with Crippen molar-refractivity contribution in [3.05, 3.63) is 68.0 Å². The number of hydrogen-bond acceptors (Lipinski definition) is 4. The third-order valence-corrected chi connectivity index (χ3v) is 4.02. The quantitative estimate of drug-likeness (QED) is 0.570. The molecule has 2 rings (SSSR count). The number of amides is 2. The topological polar surface area (TPSA) is 101 Å². The summed E-state index contributed by atoms with van der Waals surface area (Å²) < 4.78 is 13.9. The summed E-state index contributed by atoms with van der Waals surface area (Å²) in [4.78, 5) is 35.0. The van der Waals surface area contributed by atoms with Crippen LogP contribution < -0.4 is 10.6 Å². The molecule has 2 N–H and O–H groups in total. The fourth-order valence-electron chi connectivity index (χ4n) is 2.33. The summed E-state index contributed by atoms with van der Waals surface area (Å²) in [5.74, 6) is -2.09. The van der Waals surface area contributed by atoms with Crippen molar-refractivity contribution >= 4 is 34.8 Å². The van der Waals surface area contributed by atoms with E-state index in [1.807, 2.05) is 6.92 Å². The molecule has 0 aromatic heterocycles. The SMILES string of the molecule is CCCNC(=O)c1ccc(Cl)cc1NC(=O)c1cc(F)c(C)c([N+](=O)[O-])c1. The Morgan fingerprint density at radius 1 is 1.22 bits per heavy atom. The van der Waals surface area contributed by atoms with Crippen LogP contribution in [0.3, 0.4) is 0 Å². The summed E-state index contributed by atoms with van der Waals surface area (Å²) in [6.07, 6.45) is 0.729. The van der Waals surface area contributed by atoms with Crippen molar-refractivity contribution in [2.75, 3.05) is 11.9 Å². The van der Waals surface area contributed by atoms with Gasteiger partial charge in [-0.05, 0) is 37.6 Å². The minimum Gasteiger partial charge on any atom is -0.352 e. The first kappa shape index (κ1) is 20.3. The minimum absolute atomic E-state index is 0.115. The predicted octanol–water partition coefficient (Wildman–Crippen LogP) is 4.09. The Bertz CT molecular complexity index is 918. The molecule has 9 heteroatoms. The van der Waals surface area contributed by atoms with E-state index in [1.165, 1.54) is 25.1 Å². The lowest BCUT2D eigenvalue weighted by Gasteiger charge is -2.12. The van der Waals surface area contributed by atoms with Crippen LogP contribution in [0.5, 0.6) is 0 Å². The molecule has 0 bridgehead atoms. The first-order valence-corrected chi connectivity index (χ1v) is 8.46. The number of carbonyl (C=O) groups excluding carboxylic acids is 2. The summed E-state index contributed by atoms with van der Waals surface area (Å²) in [6, 6.07) is 6.20. The molecule has 2 amide bonds. The van der Waals surface area contributed by atoms with E-state index in [0.717, 1.165) is 18.6 Å². The summed E-state index contributed by atoms with van der Waals surface area (Å²) in [6.45, 7) is 3.59. The molecule has 0 fully saturated rings. The summed E-state index contributed by atoms with van der Waals surface area (Å²) in [5, 5.41) is 16.5. The number of benzene rings is 2. The lowest BCUT2D eigenvalue weighted by Crippen LogP contribution is -2.26. The fourth-order valence-corrected chi connectivity index (χ4v) is 2.50. The number of nitrogens with one attached hydrogen (secondary N) is 2. The van der Waals surface area contributed by atoms with Gasteiger partial charge in [-0.1, -0.05) is 18.5 Å². The molecule has 7 nitrogen and oxygen atoms in total. The van der Waals surface area contributed by atoms with E-state index < -0.39 is 28.2 Å². The fraction of sp³-hybridized carbons (Fsp3) is 0.222. The van der Waals surface area contributed by atoms with E-state index in [4.69, 9.17) is 11.6 Å². The van der Waals surface area contributed by atoms with Gasteiger partial charge in [0.05, 0.1) is 21.7 Å². The highest BCUT2D eigenvalue weighted by Gasteiger charge is 2.21. The van der Waals surface area contributed by atoms with E-state index in [0.29, 0.717) is 6.54 Å². The van der Waals surface area contributed by atoms with E-state index >= 15 is 0 Å². The Kier molecular flexibility index (Phi) is 6.46. The van der Waals surface area contributed by atoms with Gasteiger partial charge in [0.2, 0.25) is 0 Å². The van der Waals surface area contributed by atoms with Crippen molar-refractivity contribution in [1.29, 1.82) is 0 Å². The van der Waals surface area contributed by atoms with Crippen LogP contribution >= 0.6 is 11.6 Å². The van der Waals surface area contributed by atoms with Gasteiger partial charge < -0.3 is 10.6 Å². The van der Waals surface area contributed by atoms with E-state index in [1.54, 1.807) is 0 Å². The Labute approximate surface area is 159 Å². The third-order valence-electron chi connectivity index (χ3n) is 3.79. The number of hydrogen-bond donors (Lipinski definition) is 2. The number of anilines is 1. The van der Waals surface area contributed by atoms with Crippen molar-refractivity contribution in [3.8, 4) is 0 Å². The molecule has 0 unspecified atom stereocenters. The van der Waals surface area contributed by atoms with Gasteiger partial charge in [-0.15, -0.1) is 0 Å². The first-order chi connectivity index (χ1) is 12.7. The minimum atomic E-state index is -0.874. The van der Waals surface area contributed by atoms with E-state index in [-0.39, 0.29) is 27.4 Å². The maximum Gasteiger partial charge on any atom is 0.276 e. The number of nitro benzene ring substituents is 1. The van der Waals surface area contributed by atoms with Crippen molar-refractivity contribution < 1.29 is 18.9 Å². The Morgan fingerprint density at radius 3 is 2.56 bits per heavy atom. The van der Waals surface area contributed by atoms with Crippen LogP contribution in [0.1, 0.15) is 39.6 Å². The number of nitrogens with zero attached hydrogens (tertiary/aromatic N) is 1. The average Bonchev–Trinajstić information content (AvgIpc) is 2.61. The molecular formula is C18H17ClFN3O4. The molecule has 0 aliphatic heterocycles. The van der Waals surface area contributed by atoms with Gasteiger partial charge >= 0.3 is 0 Å². The second-order valence-electron chi connectivity index (χ2n) is 5.76. The molecule has 27 heavy (non-hydrogen) atoms. The van der Waals surface area contributed by atoms with Crippen LogP contribution in [-0.2, 0) is 0 Å². The van der Waals surface area contributed by atoms with Crippen LogP contribution in [0.4, 0.5) is 15.8 Å². The average molecular weight is 394 g/mol. The predicted molar refractivity (Wildman–Crippen MR) is 99.8 cm³/mol. The van der Waals surface area contributed by atoms with E-state index in [2.05, 4.69) is 10.6 Å². The van der Waals surface area contributed by atoms with Gasteiger partial charge in [0.1, 0.15) is 5.82 Å². The first-order valence-electron chi connectivity index (χ1n) is 8.08. The maximum atomic E-state index is 13.9. The van der Waals surface area contributed by atoms with Gasteiger partial charge in [-0.2, -0.15) is 0 Å². The molecule has 0 heterocycles. The smallest absolute Gasteiger partial charge is 0.276 e. The third kappa shape index (κ3) is 4.79. The zero-order chi connectivity index (χ0) is 20.1. The molecule has 2 aromatic carbocycles. The Morgan fingerprint density at radius 2 is 1.93 bits per heavy atom. The van der Waals surface area contributed by atoms with E-state index in [9.17, 15) is 24.1 Å². The highest BCUT2D eigenvalue weighted by molar-refractivity contribution is 6.31. The number of rotatable bonds is 6. The normalized spacial score (nSPS) is 10.4. The summed E-state index contributed by atoms with van der Waals surface area (Å²) in [5.41, 5.74) is -0.635. The Hall–Kier alpha value is -3.00. The molecule has 0 spiro atoms. The van der Waals surface area contributed by atoms with Gasteiger partial charge in [-0.25, -0.2) is 4.39 Å². The maximum absolute atomic E-state index is 13.9. The van der Waals surface area contributed by atoms with Crippen molar-refractivity contribution in [2.24, 2.45) is 0 Å². The summed E-state index contributed by atoms with van der Waals surface area (Å²) >= 11 is 5.94. The highest BCUT2D eigenvalue weighted by Crippen LogP contribution is 2.25. The van der Waals surface area contributed by atoms with Gasteiger partial charge in [0.25, 0.3) is 17.5 Å². The zero-order valence-electron chi connectivity index (χ0n) is 14.6. The number of carbonyl (C=O) groups is 2. The van der Waals surface area contributed by atoms with Crippen LogP contribution in [0.15, 0.2) is 30.3 Å². The molecule has 0 aliphatic carbocycles. The standard InChI is InChI=1S/C18H17ClFN3O4/c1-3-6-21-18(25)13-5-4-12(19)9-15(13)22-17(24)11-7-14(20)10(2)16(8-11)23(26)27/h4-5,7-9H,3,6H2,1-2H3,(H,21,25)(H,22,24). The second-order valence-corrected chi connectivity index (χ2v) is 6.20. The van der Waals surface area contributed by atoms with Gasteiger partial charge in [-0.3, -0.25) is 19.7 Å². The van der Waals surface area contributed by atoms with Crippen LogP contribution in [0.2, 0.25) is 5.02 Å². The van der Waals surface area contributed by atoms with Crippen LogP contribution in [0, 0.1) is 22.9 Å². The monoisotopic (exact) mass is 393 g/mol. The zero-order valence-corrected chi connectivity index (χ0v) is 15.4. The lowest BCUT2D eigenvalue weighted by atomic mass is 10.1. The van der Waals surface area contributed by atoms with Gasteiger partial charge in [0.15, 0.2) is 0 Å². The number of nitro groups is 1. The molecule has 0 atom stereocenters. The highest BCUT2D eigenvalue weighted by atomic mass is 35.5. The molecule has 0 aliphatic rings. The van der Waals surface area contributed by atoms with Gasteiger partial charge in [0, 0.05) is 23.2 Å². The lowest BCUT2D eigenvalue weighted by molar-refractivity contribution is -0.385. The second kappa shape index (κ2) is 8.59. The molecular weight excluding hydrogens is 377 g/mol. The molecule has 0 saturated heterocycles.